The summed E-state index contributed by atoms with van der Waals surface area (Å²) >= 11 is 0. The lowest BCUT2D eigenvalue weighted by atomic mass is 9.90. The summed E-state index contributed by atoms with van der Waals surface area (Å²) in [6, 6.07) is 15.8. The predicted molar refractivity (Wildman–Crippen MR) is 162 cm³/mol. The number of amides is 2. The fourth-order valence-electron chi connectivity index (χ4n) is 5.35. The van der Waals surface area contributed by atoms with Crippen LogP contribution in [0.1, 0.15) is 36.8 Å². The second-order valence-corrected chi connectivity index (χ2v) is 10.5. The molecule has 0 radical (unpaired) electrons. The number of pyridine rings is 1. The highest BCUT2D eigenvalue weighted by Gasteiger charge is 2.31. The van der Waals surface area contributed by atoms with Gasteiger partial charge in [-0.3, -0.25) is 9.58 Å². The number of benzene rings is 1. The summed E-state index contributed by atoms with van der Waals surface area (Å²) in [7, 11) is 1.88. The Hall–Kier alpha value is -5.57. The second kappa shape index (κ2) is 12.5. The molecule has 4 heterocycles. The van der Waals surface area contributed by atoms with E-state index in [0.717, 1.165) is 42.4 Å². The van der Waals surface area contributed by atoms with Gasteiger partial charge in [0.25, 0.3) is 0 Å². The van der Waals surface area contributed by atoms with Gasteiger partial charge < -0.3 is 15.6 Å². The number of hydrogen-bond acceptors (Lipinski definition) is 8. The van der Waals surface area contributed by atoms with Gasteiger partial charge in [-0.1, -0.05) is 30.3 Å². The Morgan fingerprint density at radius 2 is 1.88 bits per heavy atom. The van der Waals surface area contributed by atoms with Crippen molar-refractivity contribution in [3.63, 3.8) is 0 Å². The average molecular weight is 574 g/mol. The van der Waals surface area contributed by atoms with Crippen molar-refractivity contribution in [2.45, 2.75) is 44.3 Å². The Balaban J connectivity index is 1.16. The molecule has 1 aliphatic rings. The van der Waals surface area contributed by atoms with E-state index < -0.39 is 0 Å². The smallest absolute Gasteiger partial charge is 0.323 e. The molecule has 12 nitrogen and oxygen atoms in total. The fourth-order valence-corrected chi connectivity index (χ4v) is 5.35. The average Bonchev–Trinajstić information content (AvgIpc) is 3.74. The number of rotatable bonds is 8. The van der Waals surface area contributed by atoms with Crippen LogP contribution < -0.4 is 15.5 Å². The second-order valence-electron chi connectivity index (χ2n) is 10.5. The normalized spacial score (nSPS) is 16.3. The number of aryl methyl sites for hydroxylation is 1. The maximum Gasteiger partial charge on any atom is 0.323 e. The zero-order valence-electron chi connectivity index (χ0n) is 23.7. The van der Waals surface area contributed by atoms with Gasteiger partial charge in [0.2, 0.25) is 5.95 Å². The summed E-state index contributed by atoms with van der Waals surface area (Å²) < 4.78 is 1.75. The molecule has 0 atom stereocenters. The highest BCUT2D eigenvalue weighted by Crippen LogP contribution is 2.30. The Morgan fingerprint density at radius 1 is 1.05 bits per heavy atom. The molecule has 216 valence electrons. The molecule has 3 N–H and O–H groups in total. The first-order valence-corrected chi connectivity index (χ1v) is 14.2. The van der Waals surface area contributed by atoms with Crippen LogP contribution in [0.3, 0.4) is 0 Å². The van der Waals surface area contributed by atoms with E-state index in [1.165, 1.54) is 6.20 Å². The van der Waals surface area contributed by atoms with Gasteiger partial charge >= 0.3 is 6.03 Å². The van der Waals surface area contributed by atoms with E-state index in [1.54, 1.807) is 34.4 Å². The van der Waals surface area contributed by atoms with Crippen LogP contribution in [0.5, 0.6) is 0 Å². The number of aromatic nitrogens is 7. The molecule has 4 aromatic heterocycles. The number of carbonyl (C=O) groups is 1. The molecule has 5 aromatic rings. The van der Waals surface area contributed by atoms with Gasteiger partial charge in [-0.2, -0.15) is 10.4 Å². The largest absolute Gasteiger partial charge is 0.351 e. The molecule has 1 aromatic carbocycles. The lowest BCUT2D eigenvalue weighted by molar-refractivity contribution is 0.240. The maximum atomic E-state index is 13.6. The first-order chi connectivity index (χ1) is 21.1. The standard InChI is InChI=1S/C31H31N11O/c1-41-20-24(19-38-41)22-7-12-27(35-17-22)42(31(43)37-16-21-5-3-2-4-6-21)26-10-8-25(9-11-26)39-30-36-18-23(15-32)28(40-30)29-33-13-14-34-29/h2-7,12-14,17-20,25-26H,8-11,16H2,1H3,(H,33,34)(H,37,43)(H,36,39,40). The molecule has 12 heteroatoms. The maximum absolute atomic E-state index is 13.6. The van der Waals surface area contributed by atoms with Crippen molar-refractivity contribution < 1.29 is 4.79 Å². The number of urea groups is 1. The van der Waals surface area contributed by atoms with Gasteiger partial charge in [0.15, 0.2) is 5.82 Å². The molecule has 0 aliphatic heterocycles. The van der Waals surface area contributed by atoms with Crippen LogP contribution in [-0.2, 0) is 13.6 Å². The van der Waals surface area contributed by atoms with Gasteiger partial charge in [-0.25, -0.2) is 24.7 Å². The molecule has 1 aliphatic carbocycles. The SMILES string of the molecule is Cn1cc(-c2ccc(N(C(=O)NCc3ccccc3)C3CCC(Nc4ncc(C#N)c(-c5ncc[nH]5)n4)CC3)nc2)cn1. The third-order valence-electron chi connectivity index (χ3n) is 7.57. The van der Waals surface area contributed by atoms with E-state index in [0.29, 0.717) is 35.4 Å². The predicted octanol–water partition coefficient (Wildman–Crippen LogP) is 4.67. The Labute approximate surface area is 248 Å². The number of anilines is 2. The number of imidazole rings is 1. The van der Waals surface area contributed by atoms with E-state index in [4.69, 9.17) is 4.98 Å². The van der Waals surface area contributed by atoms with Crippen LogP contribution in [0.4, 0.5) is 16.6 Å². The zero-order valence-corrected chi connectivity index (χ0v) is 23.7. The summed E-state index contributed by atoms with van der Waals surface area (Å²) in [5, 5.41) is 20.2. The van der Waals surface area contributed by atoms with Crippen LogP contribution in [0.2, 0.25) is 0 Å². The number of hydrogen-bond donors (Lipinski definition) is 3. The number of carbonyl (C=O) groups excluding carboxylic acids is 1. The number of nitrogens with zero attached hydrogens (tertiary/aromatic N) is 8. The zero-order chi connectivity index (χ0) is 29.6. The third-order valence-corrected chi connectivity index (χ3v) is 7.57. The summed E-state index contributed by atoms with van der Waals surface area (Å²) in [5.41, 5.74) is 3.74. The Bertz CT molecular complexity index is 1700. The number of H-pyrrole nitrogens is 1. The molecule has 0 unspecified atom stereocenters. The minimum absolute atomic E-state index is 0.0360. The van der Waals surface area contributed by atoms with Crippen molar-refractivity contribution in [1.82, 2.24) is 40.0 Å². The van der Waals surface area contributed by atoms with Gasteiger partial charge in [0.1, 0.15) is 17.6 Å². The Kier molecular flexibility index (Phi) is 8.04. The first kappa shape index (κ1) is 27.6. The van der Waals surface area contributed by atoms with Crippen LogP contribution in [0.15, 0.2) is 79.6 Å². The van der Waals surface area contributed by atoms with Crippen molar-refractivity contribution in [3.05, 3.63) is 90.8 Å². The molecule has 0 spiro atoms. The lowest BCUT2D eigenvalue weighted by Gasteiger charge is -2.36. The van der Waals surface area contributed by atoms with Crippen molar-refractivity contribution in [3.8, 4) is 28.7 Å². The van der Waals surface area contributed by atoms with E-state index >= 15 is 0 Å². The minimum Gasteiger partial charge on any atom is -0.351 e. The highest BCUT2D eigenvalue weighted by atomic mass is 16.2. The van der Waals surface area contributed by atoms with Gasteiger partial charge in [-0.05, 0) is 43.4 Å². The Morgan fingerprint density at radius 3 is 2.56 bits per heavy atom. The molecule has 0 bridgehead atoms. The summed E-state index contributed by atoms with van der Waals surface area (Å²) in [5.74, 6) is 1.57. The molecular formula is C31H31N11O. The summed E-state index contributed by atoms with van der Waals surface area (Å²) in [6.45, 7) is 0.425. The summed E-state index contributed by atoms with van der Waals surface area (Å²) in [6.07, 6.45) is 13.5. The van der Waals surface area contributed by atoms with E-state index in [9.17, 15) is 10.1 Å². The monoisotopic (exact) mass is 573 g/mol. The molecular weight excluding hydrogens is 542 g/mol. The van der Waals surface area contributed by atoms with Crippen LogP contribution in [0, 0.1) is 11.3 Å². The van der Waals surface area contributed by atoms with E-state index in [-0.39, 0.29) is 18.1 Å². The minimum atomic E-state index is -0.180. The number of nitrogens with one attached hydrogen (secondary N) is 3. The molecule has 0 saturated heterocycles. The van der Waals surface area contributed by atoms with Crippen molar-refractivity contribution >= 4 is 17.8 Å². The van der Waals surface area contributed by atoms with E-state index in [2.05, 4.69) is 41.7 Å². The van der Waals surface area contributed by atoms with Crippen LogP contribution in [-0.4, -0.2) is 52.8 Å². The molecule has 43 heavy (non-hydrogen) atoms. The van der Waals surface area contributed by atoms with Gasteiger partial charge in [0.05, 0.1) is 18.0 Å². The summed E-state index contributed by atoms with van der Waals surface area (Å²) in [4.78, 5) is 36.3. The first-order valence-electron chi connectivity index (χ1n) is 14.2. The third kappa shape index (κ3) is 6.36. The van der Waals surface area contributed by atoms with Gasteiger partial charge in [-0.15, -0.1) is 0 Å². The van der Waals surface area contributed by atoms with Gasteiger partial charge in [0, 0.05) is 61.6 Å². The fraction of sp³-hybridized carbons (Fsp3) is 0.258. The quantitative estimate of drug-likeness (QED) is 0.242. The number of nitriles is 1. The molecule has 1 fully saturated rings. The van der Waals surface area contributed by atoms with Crippen molar-refractivity contribution in [2.24, 2.45) is 7.05 Å². The molecule has 1 saturated carbocycles. The lowest BCUT2D eigenvalue weighted by Crippen LogP contribution is -2.49. The number of aromatic amines is 1. The van der Waals surface area contributed by atoms with Crippen molar-refractivity contribution in [1.29, 1.82) is 5.26 Å². The van der Waals surface area contributed by atoms with Crippen LogP contribution >= 0.6 is 0 Å². The van der Waals surface area contributed by atoms with E-state index in [1.807, 2.05) is 55.7 Å². The highest BCUT2D eigenvalue weighted by molar-refractivity contribution is 5.91. The molecule has 6 rings (SSSR count). The topological polar surface area (TPSA) is 153 Å². The van der Waals surface area contributed by atoms with Crippen LogP contribution in [0.25, 0.3) is 22.6 Å². The van der Waals surface area contributed by atoms with Crippen molar-refractivity contribution in [2.75, 3.05) is 10.2 Å². The molecule has 2 amide bonds.